The zero-order chi connectivity index (χ0) is 12.5. The maximum absolute atomic E-state index is 11.0. The number of imidazole rings is 1. The molecule has 18 heavy (non-hydrogen) atoms. The van der Waals surface area contributed by atoms with Gasteiger partial charge in [0.25, 0.3) is 0 Å². The SMILES string of the molecule is CC(=O)Cc1ncc(-c2coc3ccccc23)[nH]1. The van der Waals surface area contributed by atoms with Gasteiger partial charge in [-0.3, -0.25) is 4.79 Å². The monoisotopic (exact) mass is 240 g/mol. The van der Waals surface area contributed by atoms with Crippen LogP contribution in [-0.4, -0.2) is 15.8 Å². The lowest BCUT2D eigenvalue weighted by Crippen LogP contribution is -1.97. The summed E-state index contributed by atoms with van der Waals surface area (Å²) in [6, 6.07) is 7.82. The first kappa shape index (κ1) is 10.8. The highest BCUT2D eigenvalue weighted by Crippen LogP contribution is 2.29. The maximum Gasteiger partial charge on any atom is 0.137 e. The summed E-state index contributed by atoms with van der Waals surface area (Å²) in [6.45, 7) is 1.55. The number of hydrogen-bond acceptors (Lipinski definition) is 3. The molecule has 0 radical (unpaired) electrons. The van der Waals surface area contributed by atoms with Gasteiger partial charge in [-0.2, -0.15) is 0 Å². The first-order valence-corrected chi connectivity index (χ1v) is 5.74. The Balaban J connectivity index is 2.04. The van der Waals surface area contributed by atoms with Gasteiger partial charge in [0.1, 0.15) is 23.5 Å². The molecule has 0 aliphatic heterocycles. The first-order valence-electron chi connectivity index (χ1n) is 5.74. The van der Waals surface area contributed by atoms with Crippen molar-refractivity contribution in [2.75, 3.05) is 0 Å². The summed E-state index contributed by atoms with van der Waals surface area (Å²) in [7, 11) is 0. The van der Waals surface area contributed by atoms with Crippen LogP contribution in [0, 0.1) is 0 Å². The summed E-state index contributed by atoms with van der Waals surface area (Å²) in [5, 5.41) is 1.04. The quantitative estimate of drug-likeness (QED) is 0.765. The second kappa shape index (κ2) is 4.14. The largest absolute Gasteiger partial charge is 0.464 e. The number of Topliss-reactive ketones (excluding diaryl/α,β-unsaturated/α-hetero) is 1. The van der Waals surface area contributed by atoms with Crippen molar-refractivity contribution in [3.05, 3.63) is 42.5 Å². The van der Waals surface area contributed by atoms with E-state index in [2.05, 4.69) is 9.97 Å². The molecule has 0 unspecified atom stereocenters. The molecule has 90 valence electrons. The van der Waals surface area contributed by atoms with E-state index >= 15 is 0 Å². The highest BCUT2D eigenvalue weighted by Gasteiger charge is 2.10. The van der Waals surface area contributed by atoms with E-state index in [0.717, 1.165) is 22.2 Å². The third-order valence-electron chi connectivity index (χ3n) is 2.82. The van der Waals surface area contributed by atoms with E-state index in [1.807, 2.05) is 24.3 Å². The van der Waals surface area contributed by atoms with Crippen LogP contribution in [0.15, 0.2) is 41.1 Å². The topological polar surface area (TPSA) is 58.9 Å². The van der Waals surface area contributed by atoms with Crippen molar-refractivity contribution in [3.63, 3.8) is 0 Å². The number of benzene rings is 1. The number of H-pyrrole nitrogens is 1. The molecule has 3 aromatic rings. The van der Waals surface area contributed by atoms with E-state index < -0.39 is 0 Å². The number of aromatic amines is 1. The van der Waals surface area contributed by atoms with E-state index in [1.165, 1.54) is 0 Å². The number of furan rings is 1. The molecular weight excluding hydrogens is 228 g/mol. The van der Waals surface area contributed by atoms with Crippen LogP contribution in [0.1, 0.15) is 12.7 Å². The van der Waals surface area contributed by atoms with E-state index in [0.29, 0.717) is 12.2 Å². The fourth-order valence-electron chi connectivity index (χ4n) is 2.01. The molecule has 0 spiro atoms. The Hall–Kier alpha value is -2.36. The maximum atomic E-state index is 11.0. The smallest absolute Gasteiger partial charge is 0.137 e. The number of nitrogens with zero attached hydrogens (tertiary/aromatic N) is 1. The van der Waals surface area contributed by atoms with Gasteiger partial charge in [0.15, 0.2) is 0 Å². The Morgan fingerprint density at radius 1 is 1.39 bits per heavy atom. The minimum Gasteiger partial charge on any atom is -0.464 e. The van der Waals surface area contributed by atoms with Gasteiger partial charge in [-0.25, -0.2) is 4.98 Å². The fourth-order valence-corrected chi connectivity index (χ4v) is 2.01. The molecule has 0 aliphatic rings. The van der Waals surface area contributed by atoms with Crippen LogP contribution < -0.4 is 0 Å². The average Bonchev–Trinajstić information content (AvgIpc) is 2.94. The standard InChI is InChI=1S/C14H12N2O2/c1-9(17)6-14-15-7-12(16-14)11-8-18-13-5-3-2-4-10(11)13/h2-5,7-8H,6H2,1H3,(H,15,16). The van der Waals surface area contributed by atoms with Crippen LogP contribution in [-0.2, 0) is 11.2 Å². The lowest BCUT2D eigenvalue weighted by molar-refractivity contribution is -0.116. The third-order valence-corrected chi connectivity index (χ3v) is 2.82. The normalized spacial score (nSPS) is 10.9. The molecule has 0 bridgehead atoms. The number of carbonyl (C=O) groups is 1. The number of aromatic nitrogens is 2. The molecule has 4 heteroatoms. The summed E-state index contributed by atoms with van der Waals surface area (Å²) in [5.41, 5.74) is 2.68. The summed E-state index contributed by atoms with van der Waals surface area (Å²) in [4.78, 5) is 18.4. The average molecular weight is 240 g/mol. The van der Waals surface area contributed by atoms with Gasteiger partial charge in [-0.15, -0.1) is 0 Å². The van der Waals surface area contributed by atoms with Gasteiger partial charge >= 0.3 is 0 Å². The molecule has 2 aromatic heterocycles. The minimum atomic E-state index is 0.0907. The van der Waals surface area contributed by atoms with Gasteiger partial charge in [0.2, 0.25) is 0 Å². The number of ketones is 1. The van der Waals surface area contributed by atoms with Crippen molar-refractivity contribution < 1.29 is 9.21 Å². The first-order chi connectivity index (χ1) is 8.74. The van der Waals surface area contributed by atoms with E-state index in [-0.39, 0.29) is 5.78 Å². The summed E-state index contributed by atoms with van der Waals surface area (Å²) in [6.07, 6.45) is 3.76. The van der Waals surface area contributed by atoms with E-state index in [9.17, 15) is 4.79 Å². The van der Waals surface area contributed by atoms with Crippen LogP contribution in [0.2, 0.25) is 0 Å². The van der Waals surface area contributed by atoms with E-state index in [1.54, 1.807) is 19.4 Å². The van der Waals surface area contributed by atoms with Crippen LogP contribution in [0.3, 0.4) is 0 Å². The van der Waals surface area contributed by atoms with Crippen molar-refractivity contribution in [2.45, 2.75) is 13.3 Å². The number of para-hydroxylation sites is 1. The van der Waals surface area contributed by atoms with Crippen molar-refractivity contribution in [1.29, 1.82) is 0 Å². The number of nitrogens with one attached hydrogen (secondary N) is 1. The molecule has 0 aliphatic carbocycles. The summed E-state index contributed by atoms with van der Waals surface area (Å²) >= 11 is 0. The van der Waals surface area contributed by atoms with Crippen molar-refractivity contribution in [1.82, 2.24) is 9.97 Å². The molecule has 0 saturated heterocycles. The minimum absolute atomic E-state index is 0.0907. The second-order valence-electron chi connectivity index (χ2n) is 4.27. The van der Waals surface area contributed by atoms with Crippen LogP contribution in [0.5, 0.6) is 0 Å². The molecule has 0 fully saturated rings. The highest BCUT2D eigenvalue weighted by atomic mass is 16.3. The zero-order valence-corrected chi connectivity index (χ0v) is 9.93. The third kappa shape index (κ3) is 1.82. The summed E-state index contributed by atoms with van der Waals surface area (Å²) < 4.78 is 5.48. The van der Waals surface area contributed by atoms with Gasteiger partial charge in [-0.05, 0) is 13.0 Å². The summed E-state index contributed by atoms with van der Waals surface area (Å²) in [5.74, 6) is 0.774. The number of carbonyl (C=O) groups excluding carboxylic acids is 1. The lowest BCUT2D eigenvalue weighted by Gasteiger charge is -1.93. The molecule has 3 rings (SSSR count). The Morgan fingerprint density at radius 3 is 3.06 bits per heavy atom. The number of fused-ring (bicyclic) bond motifs is 1. The Kier molecular flexibility index (Phi) is 2.48. The van der Waals surface area contributed by atoms with Gasteiger partial charge in [-0.1, -0.05) is 18.2 Å². The van der Waals surface area contributed by atoms with Gasteiger partial charge < -0.3 is 9.40 Å². The van der Waals surface area contributed by atoms with Crippen LogP contribution >= 0.6 is 0 Å². The van der Waals surface area contributed by atoms with Crippen molar-refractivity contribution in [2.24, 2.45) is 0 Å². The Bertz CT molecular complexity index is 709. The van der Waals surface area contributed by atoms with Crippen molar-refractivity contribution in [3.8, 4) is 11.3 Å². The molecule has 4 nitrogen and oxygen atoms in total. The van der Waals surface area contributed by atoms with Gasteiger partial charge in [0.05, 0.1) is 18.3 Å². The molecular formula is C14H12N2O2. The molecule has 0 atom stereocenters. The molecule has 0 saturated carbocycles. The zero-order valence-electron chi connectivity index (χ0n) is 9.93. The molecule has 1 N–H and O–H groups in total. The Labute approximate surface area is 104 Å². The predicted octanol–water partition coefficient (Wildman–Crippen LogP) is 2.95. The van der Waals surface area contributed by atoms with Crippen LogP contribution in [0.25, 0.3) is 22.2 Å². The van der Waals surface area contributed by atoms with Crippen molar-refractivity contribution >= 4 is 16.8 Å². The fraction of sp³-hybridized carbons (Fsp3) is 0.143. The molecule has 0 amide bonds. The van der Waals surface area contributed by atoms with Crippen LogP contribution in [0.4, 0.5) is 0 Å². The van der Waals surface area contributed by atoms with E-state index in [4.69, 9.17) is 4.42 Å². The second-order valence-corrected chi connectivity index (χ2v) is 4.27. The number of hydrogen-bond donors (Lipinski definition) is 1. The number of rotatable bonds is 3. The highest BCUT2D eigenvalue weighted by molar-refractivity contribution is 5.92. The molecule has 1 aromatic carbocycles. The Morgan fingerprint density at radius 2 is 2.22 bits per heavy atom. The predicted molar refractivity (Wildman–Crippen MR) is 68.2 cm³/mol. The molecule has 2 heterocycles. The lowest BCUT2D eigenvalue weighted by atomic mass is 10.1. The van der Waals surface area contributed by atoms with Gasteiger partial charge in [0, 0.05) is 10.9 Å².